The Morgan fingerprint density at radius 1 is 1.19 bits per heavy atom. The molecule has 1 amide bonds. The molecule has 164 valence electrons. The molecule has 1 aromatic carbocycles. The number of nitrogens with zero attached hydrogens (tertiary/aromatic N) is 3. The van der Waals surface area contributed by atoms with E-state index >= 15 is 0 Å². The van der Waals surface area contributed by atoms with Crippen molar-refractivity contribution in [1.82, 2.24) is 4.90 Å². The van der Waals surface area contributed by atoms with Crippen LogP contribution in [0.3, 0.4) is 0 Å². The molecule has 0 bridgehead atoms. The van der Waals surface area contributed by atoms with Gasteiger partial charge in [-0.25, -0.2) is 26.8 Å². The van der Waals surface area contributed by atoms with Crippen molar-refractivity contribution < 1.29 is 31.2 Å². The third kappa shape index (κ3) is 4.38. The van der Waals surface area contributed by atoms with Crippen molar-refractivity contribution in [2.75, 3.05) is 30.3 Å². The molecular formula is C18H18N4O7S2. The number of primary sulfonamides is 1. The van der Waals surface area contributed by atoms with Gasteiger partial charge in [0, 0.05) is 25.0 Å². The molecule has 11 nitrogen and oxygen atoms in total. The van der Waals surface area contributed by atoms with Gasteiger partial charge in [0.2, 0.25) is 10.0 Å². The van der Waals surface area contributed by atoms with Gasteiger partial charge in [-0.3, -0.25) is 4.79 Å². The Balaban J connectivity index is 1.40. The Morgan fingerprint density at radius 3 is 2.71 bits per heavy atom. The van der Waals surface area contributed by atoms with E-state index in [0.717, 1.165) is 0 Å². The summed E-state index contributed by atoms with van der Waals surface area (Å²) in [7, 11) is -7.34. The molecule has 0 fully saturated rings. The van der Waals surface area contributed by atoms with Crippen molar-refractivity contribution in [3.05, 3.63) is 47.7 Å². The van der Waals surface area contributed by atoms with E-state index in [0.29, 0.717) is 24.2 Å². The normalized spacial score (nSPS) is 19.3. The van der Waals surface area contributed by atoms with Crippen LogP contribution in [0.15, 0.2) is 51.4 Å². The van der Waals surface area contributed by atoms with Gasteiger partial charge in [-0.2, -0.15) is 0 Å². The van der Waals surface area contributed by atoms with Crippen LogP contribution in [0.25, 0.3) is 0 Å². The summed E-state index contributed by atoms with van der Waals surface area (Å²) in [5.74, 6) is -1.14. The zero-order valence-electron chi connectivity index (χ0n) is 16.1. The lowest BCUT2D eigenvalue weighted by Crippen LogP contribution is -2.37. The zero-order valence-corrected chi connectivity index (χ0v) is 17.7. The quantitative estimate of drug-likeness (QED) is 0.569. The fraction of sp³-hybridized carbons (Fsp3) is 0.278. The van der Waals surface area contributed by atoms with Crippen LogP contribution < -0.4 is 10.0 Å². The predicted octanol–water partition coefficient (Wildman–Crippen LogP) is -0.736. The number of fused-ring (bicyclic) bond motifs is 2. The van der Waals surface area contributed by atoms with Crippen molar-refractivity contribution in [2.24, 2.45) is 9.54 Å². The van der Waals surface area contributed by atoms with Gasteiger partial charge in [-0.1, -0.05) is 0 Å². The third-order valence-corrected chi connectivity index (χ3v) is 7.04. The number of carbonyl (C=O) groups is 2. The summed E-state index contributed by atoms with van der Waals surface area (Å²) >= 11 is 0. The number of hydrogen-bond acceptors (Lipinski definition) is 8. The van der Waals surface area contributed by atoms with Gasteiger partial charge in [0.25, 0.3) is 15.9 Å². The summed E-state index contributed by atoms with van der Waals surface area (Å²) in [5.41, 5.74) is 1.36. The number of sulfonamides is 2. The van der Waals surface area contributed by atoms with Crippen LogP contribution in [0, 0.1) is 0 Å². The molecule has 3 aliphatic rings. The molecule has 0 atom stereocenters. The summed E-state index contributed by atoms with van der Waals surface area (Å²) in [6, 6.07) is 4.25. The van der Waals surface area contributed by atoms with E-state index in [4.69, 9.17) is 9.88 Å². The minimum Gasteiger partial charge on any atom is -0.452 e. The van der Waals surface area contributed by atoms with Crippen molar-refractivity contribution in [3.63, 3.8) is 0 Å². The van der Waals surface area contributed by atoms with Crippen molar-refractivity contribution in [3.8, 4) is 0 Å². The number of hydrogen-bond donors (Lipinski definition) is 1. The lowest BCUT2D eigenvalue weighted by molar-refractivity contribution is -0.143. The Bertz CT molecular complexity index is 1280. The highest BCUT2D eigenvalue weighted by molar-refractivity contribution is 7.90. The summed E-state index contributed by atoms with van der Waals surface area (Å²) in [6.07, 6.45) is 4.66. The van der Waals surface area contributed by atoms with Gasteiger partial charge in [0.1, 0.15) is 5.84 Å². The van der Waals surface area contributed by atoms with E-state index in [2.05, 4.69) is 4.40 Å². The van der Waals surface area contributed by atoms with Gasteiger partial charge < -0.3 is 14.5 Å². The van der Waals surface area contributed by atoms with Crippen LogP contribution in [0.5, 0.6) is 0 Å². The molecule has 31 heavy (non-hydrogen) atoms. The van der Waals surface area contributed by atoms with Gasteiger partial charge in [0.05, 0.1) is 16.2 Å². The van der Waals surface area contributed by atoms with E-state index in [1.807, 2.05) is 0 Å². The summed E-state index contributed by atoms with van der Waals surface area (Å²) in [6.45, 7) is -0.0214. The first-order valence-electron chi connectivity index (χ1n) is 9.16. The predicted molar refractivity (Wildman–Crippen MR) is 110 cm³/mol. The van der Waals surface area contributed by atoms with Crippen LogP contribution in [0.1, 0.15) is 5.56 Å². The molecule has 3 aliphatic heterocycles. The largest absolute Gasteiger partial charge is 0.452 e. The fourth-order valence-corrected chi connectivity index (χ4v) is 4.96. The SMILES string of the molecule is NS(=O)(=O)c1ccc2c(c1)CCN2C(=O)COC(=O)C1=CN2CCS(=O)(=O)N=C2C=C1. The highest BCUT2D eigenvalue weighted by atomic mass is 32.2. The number of amidine groups is 1. The molecule has 4 rings (SSSR count). The first kappa shape index (κ1) is 21.2. The monoisotopic (exact) mass is 466 g/mol. The lowest BCUT2D eigenvalue weighted by atomic mass is 10.2. The van der Waals surface area contributed by atoms with Crippen LogP contribution >= 0.6 is 0 Å². The van der Waals surface area contributed by atoms with Crippen molar-refractivity contribution >= 4 is 43.4 Å². The first-order valence-corrected chi connectivity index (χ1v) is 12.3. The highest BCUT2D eigenvalue weighted by Crippen LogP contribution is 2.30. The molecule has 3 heterocycles. The molecule has 1 aromatic rings. The maximum Gasteiger partial charge on any atom is 0.340 e. The molecule has 0 radical (unpaired) electrons. The molecule has 0 saturated carbocycles. The molecule has 2 N–H and O–H groups in total. The van der Waals surface area contributed by atoms with Crippen LogP contribution in [-0.4, -0.2) is 64.9 Å². The van der Waals surface area contributed by atoms with Gasteiger partial charge >= 0.3 is 5.97 Å². The number of anilines is 1. The minimum absolute atomic E-state index is 0.0311. The summed E-state index contributed by atoms with van der Waals surface area (Å²) < 4.78 is 54.8. The first-order chi connectivity index (χ1) is 14.5. The maximum absolute atomic E-state index is 12.5. The standard InChI is InChI=1S/C18H18N4O7S2/c19-31(27,28)14-2-3-15-12(9-14)5-6-22(15)17(23)11-29-18(24)13-1-4-16-20-30(25,26)8-7-21(16)10-13/h1-4,9-10H,5-8,11H2,(H2,19,27,28). The Kier molecular flexibility index (Phi) is 5.19. The smallest absolute Gasteiger partial charge is 0.340 e. The fourth-order valence-electron chi connectivity index (χ4n) is 3.42. The second-order valence-corrected chi connectivity index (χ2v) is 10.4. The Hall–Kier alpha value is -3.03. The number of ether oxygens (including phenoxy) is 1. The molecule has 13 heteroatoms. The zero-order chi connectivity index (χ0) is 22.4. The second-order valence-electron chi connectivity index (χ2n) is 7.05. The van der Waals surface area contributed by atoms with E-state index in [1.54, 1.807) is 0 Å². The lowest BCUT2D eigenvalue weighted by Gasteiger charge is -2.26. The van der Waals surface area contributed by atoms with Crippen molar-refractivity contribution in [1.29, 1.82) is 0 Å². The van der Waals surface area contributed by atoms with E-state index in [1.165, 1.54) is 46.4 Å². The third-order valence-electron chi connectivity index (χ3n) is 4.96. The van der Waals surface area contributed by atoms with Gasteiger partial charge in [-0.05, 0) is 42.3 Å². The number of nitrogens with two attached hydrogens (primary N) is 1. The average Bonchev–Trinajstić information content (AvgIpc) is 3.13. The maximum atomic E-state index is 12.5. The van der Waals surface area contributed by atoms with E-state index < -0.39 is 38.5 Å². The number of rotatable bonds is 4. The molecular weight excluding hydrogens is 448 g/mol. The number of amides is 1. The van der Waals surface area contributed by atoms with Gasteiger partial charge in [0.15, 0.2) is 6.61 Å². The van der Waals surface area contributed by atoms with Crippen LogP contribution in [0.2, 0.25) is 0 Å². The molecule has 0 aliphatic carbocycles. The summed E-state index contributed by atoms with van der Waals surface area (Å²) in [5, 5.41) is 5.13. The highest BCUT2D eigenvalue weighted by Gasteiger charge is 2.28. The number of esters is 1. The van der Waals surface area contributed by atoms with E-state index in [9.17, 15) is 26.4 Å². The number of benzene rings is 1. The number of carbonyl (C=O) groups excluding carboxylic acids is 2. The molecule has 0 unspecified atom stereocenters. The van der Waals surface area contributed by atoms with Gasteiger partial charge in [-0.15, -0.1) is 4.40 Å². The van der Waals surface area contributed by atoms with Crippen LogP contribution in [0.4, 0.5) is 5.69 Å². The summed E-state index contributed by atoms with van der Waals surface area (Å²) in [4.78, 5) is 27.8. The molecule has 0 spiro atoms. The van der Waals surface area contributed by atoms with Crippen LogP contribution in [-0.2, 0) is 40.8 Å². The molecule has 0 aromatic heterocycles. The second kappa shape index (κ2) is 7.59. The topological polar surface area (TPSA) is 157 Å². The van der Waals surface area contributed by atoms with Crippen molar-refractivity contribution in [2.45, 2.75) is 11.3 Å². The minimum atomic E-state index is -3.84. The Labute approximate surface area is 178 Å². The molecule has 0 saturated heterocycles. The average molecular weight is 466 g/mol. The van der Waals surface area contributed by atoms with E-state index in [-0.39, 0.29) is 28.6 Å². The Morgan fingerprint density at radius 2 is 1.97 bits per heavy atom.